The van der Waals surface area contributed by atoms with E-state index in [9.17, 15) is 0 Å². The summed E-state index contributed by atoms with van der Waals surface area (Å²) in [5, 5.41) is 5.49. The summed E-state index contributed by atoms with van der Waals surface area (Å²) in [7, 11) is 0. The summed E-state index contributed by atoms with van der Waals surface area (Å²) in [6, 6.07) is 43.3. The number of para-hydroxylation sites is 1. The minimum absolute atomic E-state index is 0.144. The first-order valence-corrected chi connectivity index (χ1v) is 13.1. The van der Waals surface area contributed by atoms with Gasteiger partial charge in [0.25, 0.3) is 0 Å². The molecule has 0 atom stereocenters. The zero-order chi connectivity index (χ0) is 25.1. The van der Waals surface area contributed by atoms with Crippen LogP contribution in [0.15, 0.2) is 121 Å². The molecule has 6 aromatic rings. The average molecular weight is 496 g/mol. The van der Waals surface area contributed by atoms with Crippen molar-refractivity contribution in [3.63, 3.8) is 0 Å². The minimum atomic E-state index is -0.144. The van der Waals surface area contributed by atoms with Crippen molar-refractivity contribution >= 4 is 50.2 Å². The van der Waals surface area contributed by atoms with E-state index >= 15 is 0 Å². The third-order valence-electron chi connectivity index (χ3n) is 7.90. The van der Waals surface area contributed by atoms with E-state index in [0.717, 1.165) is 32.9 Å². The molecule has 2 heteroatoms. The zero-order valence-electron chi connectivity index (χ0n) is 20.9. The maximum atomic E-state index is 7.05. The van der Waals surface area contributed by atoms with E-state index in [1.54, 1.807) is 0 Å². The molecule has 1 aliphatic carbocycles. The normalized spacial score (nSPS) is 13.5. The van der Waals surface area contributed by atoms with E-state index in [-0.39, 0.29) is 5.41 Å². The number of halogens is 1. The van der Waals surface area contributed by atoms with Crippen LogP contribution in [0, 0.1) is 0 Å². The Morgan fingerprint density at radius 3 is 2.14 bits per heavy atom. The fraction of sp³-hybridized carbons (Fsp3) is 0.0857. The fourth-order valence-corrected chi connectivity index (χ4v) is 6.42. The van der Waals surface area contributed by atoms with Crippen LogP contribution in [0.25, 0.3) is 32.7 Å². The van der Waals surface area contributed by atoms with Gasteiger partial charge in [-0.2, -0.15) is 0 Å². The predicted molar refractivity (Wildman–Crippen MR) is 159 cm³/mol. The molecule has 0 heterocycles. The highest BCUT2D eigenvalue weighted by Gasteiger charge is 2.38. The Bertz CT molecular complexity index is 1810. The summed E-state index contributed by atoms with van der Waals surface area (Å²) in [5.41, 5.74) is 8.46. The van der Waals surface area contributed by atoms with Crippen LogP contribution in [-0.2, 0) is 5.41 Å². The molecule has 0 aliphatic heterocycles. The molecular formula is C35H26ClN. The van der Waals surface area contributed by atoms with Gasteiger partial charge in [0, 0.05) is 32.3 Å². The topological polar surface area (TPSA) is 3.24 Å². The van der Waals surface area contributed by atoms with Crippen molar-refractivity contribution in [3.8, 4) is 11.1 Å². The molecule has 0 N–H and O–H groups in total. The summed E-state index contributed by atoms with van der Waals surface area (Å²) in [6.45, 7) is 4.66. The molecule has 1 aliphatic rings. The quantitative estimate of drug-likeness (QED) is 0.236. The molecule has 0 saturated heterocycles. The molecular weight excluding hydrogens is 470 g/mol. The summed E-state index contributed by atoms with van der Waals surface area (Å²) in [5.74, 6) is 0. The van der Waals surface area contributed by atoms with Gasteiger partial charge in [0.2, 0.25) is 0 Å². The van der Waals surface area contributed by atoms with Crippen LogP contribution in [0.2, 0.25) is 5.02 Å². The van der Waals surface area contributed by atoms with Gasteiger partial charge in [0.15, 0.2) is 0 Å². The zero-order valence-corrected chi connectivity index (χ0v) is 21.6. The predicted octanol–water partition coefficient (Wildman–Crippen LogP) is 10.4. The fourth-order valence-electron chi connectivity index (χ4n) is 6.15. The van der Waals surface area contributed by atoms with Gasteiger partial charge in [0.05, 0.1) is 11.4 Å². The molecule has 6 aromatic carbocycles. The Kier molecular flexibility index (Phi) is 4.93. The van der Waals surface area contributed by atoms with Crippen LogP contribution in [-0.4, -0.2) is 0 Å². The first kappa shape index (κ1) is 22.2. The lowest BCUT2D eigenvalue weighted by Crippen LogP contribution is -2.17. The molecule has 0 radical (unpaired) electrons. The van der Waals surface area contributed by atoms with Crippen molar-refractivity contribution in [1.29, 1.82) is 0 Å². The lowest BCUT2D eigenvalue weighted by molar-refractivity contribution is 0.661. The van der Waals surface area contributed by atoms with Gasteiger partial charge in [-0.05, 0) is 58.0 Å². The number of nitrogens with zero attached hydrogens (tertiary/aromatic N) is 1. The number of anilines is 3. The van der Waals surface area contributed by atoms with Crippen molar-refractivity contribution in [2.45, 2.75) is 19.3 Å². The number of fused-ring (bicyclic) bond motifs is 6. The lowest BCUT2D eigenvalue weighted by Gasteiger charge is -2.30. The number of hydrogen-bond acceptors (Lipinski definition) is 1. The van der Waals surface area contributed by atoms with Crippen LogP contribution in [0.4, 0.5) is 17.1 Å². The molecule has 0 amide bonds. The number of rotatable bonds is 3. The third kappa shape index (κ3) is 3.24. The molecule has 0 aromatic heterocycles. The standard InChI is InChI=1S/C35H26ClN/c1-35(2)28-19-9-8-17-26(28)33-29(35)22-32(27-18-11-20-30(36)34(27)33)37(24-14-4-3-5-15-24)31-21-10-13-23-12-6-7-16-25(23)31/h3-22H,1-2H3. The molecule has 0 fully saturated rings. The lowest BCUT2D eigenvalue weighted by atomic mass is 9.81. The van der Waals surface area contributed by atoms with Crippen LogP contribution in [0.1, 0.15) is 25.0 Å². The minimum Gasteiger partial charge on any atom is -0.309 e. The summed E-state index contributed by atoms with van der Waals surface area (Å²) in [6.07, 6.45) is 0. The van der Waals surface area contributed by atoms with E-state index in [1.807, 2.05) is 6.07 Å². The Balaban J connectivity index is 1.63. The largest absolute Gasteiger partial charge is 0.309 e. The van der Waals surface area contributed by atoms with E-state index < -0.39 is 0 Å². The second-order valence-corrected chi connectivity index (χ2v) is 10.7. The average Bonchev–Trinajstić information content (AvgIpc) is 3.16. The van der Waals surface area contributed by atoms with Gasteiger partial charge in [0.1, 0.15) is 0 Å². The second-order valence-electron chi connectivity index (χ2n) is 10.3. The van der Waals surface area contributed by atoms with Gasteiger partial charge >= 0.3 is 0 Å². The van der Waals surface area contributed by atoms with Gasteiger partial charge < -0.3 is 4.90 Å². The second kappa shape index (κ2) is 8.23. The third-order valence-corrected chi connectivity index (χ3v) is 8.21. The summed E-state index contributed by atoms with van der Waals surface area (Å²) >= 11 is 7.05. The van der Waals surface area contributed by atoms with Gasteiger partial charge in [-0.25, -0.2) is 0 Å². The molecule has 37 heavy (non-hydrogen) atoms. The Hall–Kier alpha value is -4.07. The molecule has 0 saturated carbocycles. The summed E-state index contributed by atoms with van der Waals surface area (Å²) < 4.78 is 0. The van der Waals surface area contributed by atoms with E-state index in [1.165, 1.54) is 33.0 Å². The van der Waals surface area contributed by atoms with E-state index in [2.05, 4.69) is 134 Å². The van der Waals surface area contributed by atoms with Crippen molar-refractivity contribution in [1.82, 2.24) is 0 Å². The van der Waals surface area contributed by atoms with Crippen molar-refractivity contribution in [2.24, 2.45) is 0 Å². The Labute approximate surface area is 222 Å². The molecule has 178 valence electrons. The van der Waals surface area contributed by atoms with Crippen molar-refractivity contribution < 1.29 is 0 Å². The SMILES string of the molecule is CC1(C)c2ccccc2-c2c1cc(N(c1ccccc1)c1cccc3ccccc13)c1cccc(Cl)c21. The van der Waals surface area contributed by atoms with Gasteiger partial charge in [-0.1, -0.05) is 116 Å². The van der Waals surface area contributed by atoms with Crippen molar-refractivity contribution in [3.05, 3.63) is 137 Å². The molecule has 1 nitrogen and oxygen atoms in total. The molecule has 0 bridgehead atoms. The number of benzene rings is 6. The highest BCUT2D eigenvalue weighted by molar-refractivity contribution is 6.37. The van der Waals surface area contributed by atoms with Crippen molar-refractivity contribution in [2.75, 3.05) is 4.90 Å². The first-order valence-electron chi connectivity index (χ1n) is 12.7. The van der Waals surface area contributed by atoms with Crippen LogP contribution in [0.5, 0.6) is 0 Å². The van der Waals surface area contributed by atoms with Crippen LogP contribution >= 0.6 is 11.6 Å². The maximum Gasteiger partial charge on any atom is 0.0544 e. The monoisotopic (exact) mass is 495 g/mol. The molecule has 0 unspecified atom stereocenters. The highest BCUT2D eigenvalue weighted by atomic mass is 35.5. The van der Waals surface area contributed by atoms with Gasteiger partial charge in [-0.3, -0.25) is 0 Å². The molecule has 7 rings (SSSR count). The smallest absolute Gasteiger partial charge is 0.0544 e. The maximum absolute atomic E-state index is 7.05. The Morgan fingerprint density at radius 1 is 0.595 bits per heavy atom. The van der Waals surface area contributed by atoms with E-state index in [0.29, 0.717) is 0 Å². The Morgan fingerprint density at radius 2 is 1.27 bits per heavy atom. The van der Waals surface area contributed by atoms with Crippen LogP contribution < -0.4 is 4.90 Å². The number of hydrogen-bond donors (Lipinski definition) is 0. The summed E-state index contributed by atoms with van der Waals surface area (Å²) in [4.78, 5) is 2.40. The van der Waals surface area contributed by atoms with Gasteiger partial charge in [-0.15, -0.1) is 0 Å². The highest BCUT2D eigenvalue weighted by Crippen LogP contribution is 2.55. The molecule has 0 spiro atoms. The first-order chi connectivity index (χ1) is 18.1. The van der Waals surface area contributed by atoms with Crippen LogP contribution in [0.3, 0.4) is 0 Å². The van der Waals surface area contributed by atoms with E-state index in [4.69, 9.17) is 11.6 Å².